The fourth-order valence-electron chi connectivity index (χ4n) is 2.00. The average molecular weight is 270 g/mol. The van der Waals surface area contributed by atoms with Crippen LogP contribution in [0.5, 0.6) is 0 Å². The van der Waals surface area contributed by atoms with E-state index >= 15 is 0 Å². The van der Waals surface area contributed by atoms with Crippen LogP contribution in [0.25, 0.3) is 0 Å². The third-order valence-corrected chi connectivity index (χ3v) is 3.41. The Morgan fingerprint density at radius 2 is 2.11 bits per heavy atom. The molecular formula is C14H20ClNO2. The van der Waals surface area contributed by atoms with Crippen molar-refractivity contribution in [1.29, 1.82) is 0 Å². The zero-order valence-electron chi connectivity index (χ0n) is 10.8. The highest BCUT2D eigenvalue weighted by molar-refractivity contribution is 6.30. The van der Waals surface area contributed by atoms with E-state index in [1.54, 1.807) is 6.92 Å². The summed E-state index contributed by atoms with van der Waals surface area (Å²) in [5, 5.41) is 9.62. The number of hydrogen-bond donors (Lipinski definition) is 2. The summed E-state index contributed by atoms with van der Waals surface area (Å²) >= 11 is 5.92. The van der Waals surface area contributed by atoms with Gasteiger partial charge in [0.05, 0.1) is 5.92 Å². The quantitative estimate of drug-likeness (QED) is 0.835. The van der Waals surface area contributed by atoms with Crippen molar-refractivity contribution in [2.45, 2.75) is 32.7 Å². The van der Waals surface area contributed by atoms with Crippen molar-refractivity contribution in [3.05, 3.63) is 34.9 Å². The Kier molecular flexibility index (Phi) is 5.63. The second-order valence-electron chi connectivity index (χ2n) is 4.97. The number of carbonyl (C=O) groups is 1. The van der Waals surface area contributed by atoms with E-state index in [1.165, 1.54) is 0 Å². The van der Waals surface area contributed by atoms with Gasteiger partial charge in [-0.3, -0.25) is 4.79 Å². The lowest BCUT2D eigenvalue weighted by atomic mass is 9.89. The third kappa shape index (κ3) is 4.67. The topological polar surface area (TPSA) is 63.3 Å². The number of halogens is 1. The molecule has 0 aromatic heterocycles. The highest BCUT2D eigenvalue weighted by atomic mass is 35.5. The van der Waals surface area contributed by atoms with Crippen molar-refractivity contribution in [2.24, 2.45) is 17.6 Å². The Hall–Kier alpha value is -1.06. The van der Waals surface area contributed by atoms with Gasteiger partial charge in [0, 0.05) is 11.1 Å². The maximum absolute atomic E-state index is 10.8. The molecule has 0 aliphatic rings. The number of aliphatic carboxylic acids is 1. The van der Waals surface area contributed by atoms with Gasteiger partial charge in [0.15, 0.2) is 0 Å². The van der Waals surface area contributed by atoms with E-state index in [4.69, 9.17) is 22.4 Å². The summed E-state index contributed by atoms with van der Waals surface area (Å²) in [6, 6.07) is 7.41. The van der Waals surface area contributed by atoms with Crippen LogP contribution in [0.4, 0.5) is 0 Å². The first-order valence-electron chi connectivity index (χ1n) is 6.13. The number of carboxylic acids is 1. The van der Waals surface area contributed by atoms with Gasteiger partial charge in [-0.25, -0.2) is 0 Å². The summed E-state index contributed by atoms with van der Waals surface area (Å²) in [7, 11) is 0. The molecule has 0 saturated carbocycles. The van der Waals surface area contributed by atoms with Crippen molar-refractivity contribution < 1.29 is 9.90 Å². The number of nitrogens with two attached hydrogens (primary N) is 1. The summed E-state index contributed by atoms with van der Waals surface area (Å²) in [5.74, 6) is -1.01. The molecule has 100 valence electrons. The molecule has 0 aliphatic heterocycles. The first-order chi connectivity index (χ1) is 8.40. The molecule has 0 spiro atoms. The van der Waals surface area contributed by atoms with E-state index in [2.05, 4.69) is 6.92 Å². The molecule has 1 rings (SSSR count). The first-order valence-corrected chi connectivity index (χ1v) is 6.50. The molecule has 1 unspecified atom stereocenters. The lowest BCUT2D eigenvalue weighted by molar-refractivity contribution is -0.141. The molecule has 0 saturated heterocycles. The Morgan fingerprint density at radius 3 is 2.67 bits per heavy atom. The summed E-state index contributed by atoms with van der Waals surface area (Å²) in [6.07, 6.45) is 1.56. The van der Waals surface area contributed by atoms with Crippen molar-refractivity contribution in [1.82, 2.24) is 0 Å². The summed E-state index contributed by atoms with van der Waals surface area (Å²) in [5.41, 5.74) is 7.05. The van der Waals surface area contributed by atoms with Crippen LogP contribution in [-0.2, 0) is 11.2 Å². The molecule has 1 aromatic rings. The molecule has 0 amide bonds. The van der Waals surface area contributed by atoms with Crippen LogP contribution in [0.1, 0.15) is 25.8 Å². The zero-order valence-corrected chi connectivity index (χ0v) is 11.5. The Morgan fingerprint density at radius 1 is 1.44 bits per heavy atom. The van der Waals surface area contributed by atoms with Crippen molar-refractivity contribution in [3.63, 3.8) is 0 Å². The average Bonchev–Trinajstić information content (AvgIpc) is 2.27. The van der Waals surface area contributed by atoms with Gasteiger partial charge in [-0.15, -0.1) is 0 Å². The minimum absolute atomic E-state index is 0.309. The molecule has 0 radical (unpaired) electrons. The third-order valence-electron chi connectivity index (χ3n) is 3.18. The van der Waals surface area contributed by atoms with E-state index < -0.39 is 11.9 Å². The number of carboxylic acid groups (broad SMARTS) is 1. The molecule has 1 aromatic carbocycles. The predicted molar refractivity (Wildman–Crippen MR) is 73.7 cm³/mol. The fourth-order valence-corrected chi connectivity index (χ4v) is 2.21. The monoisotopic (exact) mass is 269 g/mol. The number of hydrogen-bond acceptors (Lipinski definition) is 2. The molecule has 3 atom stereocenters. The molecule has 3 nitrogen and oxygen atoms in total. The number of benzene rings is 1. The normalized spacial score (nSPS) is 16.0. The molecule has 4 heteroatoms. The van der Waals surface area contributed by atoms with Gasteiger partial charge in [-0.2, -0.15) is 0 Å². The van der Waals surface area contributed by atoms with Crippen molar-refractivity contribution >= 4 is 17.6 Å². The van der Waals surface area contributed by atoms with Crippen LogP contribution >= 0.6 is 11.6 Å². The number of rotatable bonds is 6. The van der Waals surface area contributed by atoms with Gasteiger partial charge < -0.3 is 10.8 Å². The maximum atomic E-state index is 10.8. The SMILES string of the molecule is CC(C(=O)O)[C@@H](N)C[C@@H](C)Cc1cccc(Cl)c1. The Labute approximate surface area is 113 Å². The lowest BCUT2D eigenvalue weighted by Gasteiger charge is -2.20. The smallest absolute Gasteiger partial charge is 0.307 e. The summed E-state index contributed by atoms with van der Waals surface area (Å²) in [4.78, 5) is 10.8. The van der Waals surface area contributed by atoms with E-state index in [0.717, 1.165) is 17.0 Å². The standard InChI is InChI=1S/C14H20ClNO2/c1-9(7-13(16)10(2)14(17)18)6-11-4-3-5-12(15)8-11/h3-5,8-10,13H,6-7,16H2,1-2H3,(H,17,18)/t9-,10?,13-/m0/s1. The van der Waals surface area contributed by atoms with Gasteiger partial charge in [-0.05, 0) is 36.5 Å². The van der Waals surface area contributed by atoms with Crippen LogP contribution in [-0.4, -0.2) is 17.1 Å². The fraction of sp³-hybridized carbons (Fsp3) is 0.500. The second kappa shape index (κ2) is 6.76. The van der Waals surface area contributed by atoms with Crippen LogP contribution in [0, 0.1) is 11.8 Å². The van der Waals surface area contributed by atoms with Gasteiger partial charge in [0.1, 0.15) is 0 Å². The Balaban J connectivity index is 2.51. The van der Waals surface area contributed by atoms with Gasteiger partial charge in [0.25, 0.3) is 0 Å². The molecule has 0 fully saturated rings. The molecule has 0 heterocycles. The summed E-state index contributed by atoms with van der Waals surface area (Å²) in [6.45, 7) is 3.73. The van der Waals surface area contributed by atoms with Crippen LogP contribution in [0.3, 0.4) is 0 Å². The lowest BCUT2D eigenvalue weighted by Crippen LogP contribution is -2.35. The van der Waals surface area contributed by atoms with E-state index in [0.29, 0.717) is 12.3 Å². The highest BCUT2D eigenvalue weighted by Gasteiger charge is 2.21. The maximum Gasteiger partial charge on any atom is 0.307 e. The van der Waals surface area contributed by atoms with E-state index in [9.17, 15) is 4.79 Å². The van der Waals surface area contributed by atoms with Crippen molar-refractivity contribution in [2.75, 3.05) is 0 Å². The molecule has 3 N–H and O–H groups in total. The molecular weight excluding hydrogens is 250 g/mol. The van der Waals surface area contributed by atoms with Crippen LogP contribution < -0.4 is 5.73 Å². The van der Waals surface area contributed by atoms with Crippen LogP contribution in [0.15, 0.2) is 24.3 Å². The highest BCUT2D eigenvalue weighted by Crippen LogP contribution is 2.19. The van der Waals surface area contributed by atoms with E-state index in [-0.39, 0.29) is 6.04 Å². The molecule has 0 bridgehead atoms. The van der Waals surface area contributed by atoms with Gasteiger partial charge >= 0.3 is 5.97 Å². The molecule has 18 heavy (non-hydrogen) atoms. The molecule has 0 aliphatic carbocycles. The van der Waals surface area contributed by atoms with Crippen molar-refractivity contribution in [3.8, 4) is 0 Å². The zero-order chi connectivity index (χ0) is 13.7. The Bertz CT molecular complexity index is 409. The minimum Gasteiger partial charge on any atom is -0.481 e. The van der Waals surface area contributed by atoms with E-state index in [1.807, 2.05) is 24.3 Å². The van der Waals surface area contributed by atoms with Crippen LogP contribution in [0.2, 0.25) is 5.02 Å². The van der Waals surface area contributed by atoms with Gasteiger partial charge in [0.2, 0.25) is 0 Å². The minimum atomic E-state index is -0.836. The summed E-state index contributed by atoms with van der Waals surface area (Å²) < 4.78 is 0. The second-order valence-corrected chi connectivity index (χ2v) is 5.40. The van der Waals surface area contributed by atoms with Gasteiger partial charge in [-0.1, -0.05) is 37.6 Å². The predicted octanol–water partition coefficient (Wildman–Crippen LogP) is 2.96. The largest absolute Gasteiger partial charge is 0.481 e. The first kappa shape index (κ1) is 15.0.